The van der Waals surface area contributed by atoms with Crippen LogP contribution in [0.1, 0.15) is 90.9 Å². The summed E-state index contributed by atoms with van der Waals surface area (Å²) in [7, 11) is 0. The van der Waals surface area contributed by atoms with Crippen LogP contribution in [-0.2, 0) is 33.5 Å². The molecule has 4 aliphatic carbocycles. The Balaban J connectivity index is 1.18. The molecule has 0 aromatic rings. The van der Waals surface area contributed by atoms with Gasteiger partial charge in [0.25, 0.3) is 11.8 Å². The van der Waals surface area contributed by atoms with Crippen molar-refractivity contribution < 1.29 is 33.5 Å². The SMILES string of the molecule is C[C@]12CCC3C(CCC4=CC(=O)CC[C@@]43C)C1CCC2OC(=O)CCC(=O)ON1C(=O)CCC1=O. The Labute approximate surface area is 205 Å². The zero-order chi connectivity index (χ0) is 25.0. The van der Waals surface area contributed by atoms with Crippen molar-refractivity contribution in [1.82, 2.24) is 5.06 Å². The van der Waals surface area contributed by atoms with Gasteiger partial charge in [0.1, 0.15) is 6.10 Å². The van der Waals surface area contributed by atoms with Crippen LogP contribution in [0.15, 0.2) is 11.6 Å². The molecule has 0 aromatic carbocycles. The monoisotopic (exact) mass is 485 g/mol. The molecule has 5 aliphatic rings. The molecule has 0 bridgehead atoms. The third-order valence-corrected chi connectivity index (χ3v) is 9.88. The van der Waals surface area contributed by atoms with Crippen LogP contribution in [0.5, 0.6) is 0 Å². The molecule has 0 radical (unpaired) electrons. The maximum Gasteiger partial charge on any atom is 0.333 e. The number of hydroxylamine groups is 2. The van der Waals surface area contributed by atoms with E-state index in [4.69, 9.17) is 9.57 Å². The minimum absolute atomic E-state index is 0.0340. The van der Waals surface area contributed by atoms with Gasteiger partial charge in [0.15, 0.2) is 5.78 Å². The van der Waals surface area contributed by atoms with Gasteiger partial charge in [0.05, 0.1) is 12.8 Å². The second-order valence-electron chi connectivity index (χ2n) is 11.6. The van der Waals surface area contributed by atoms with Crippen LogP contribution in [0, 0.1) is 28.6 Å². The lowest BCUT2D eigenvalue weighted by molar-refractivity contribution is -0.197. The second kappa shape index (κ2) is 8.86. The average Bonchev–Trinajstić information content (AvgIpc) is 3.31. The Bertz CT molecular complexity index is 985. The van der Waals surface area contributed by atoms with E-state index in [0.717, 1.165) is 44.9 Å². The number of ether oxygens (including phenoxy) is 1. The van der Waals surface area contributed by atoms with Crippen LogP contribution in [0.3, 0.4) is 0 Å². The first-order valence-corrected chi connectivity index (χ1v) is 13.1. The van der Waals surface area contributed by atoms with Gasteiger partial charge in [-0.15, -0.1) is 5.06 Å². The Morgan fingerprint density at radius 1 is 0.886 bits per heavy atom. The molecule has 1 aliphatic heterocycles. The molecule has 5 rings (SSSR count). The van der Waals surface area contributed by atoms with Crippen molar-refractivity contribution in [3.8, 4) is 0 Å². The summed E-state index contributed by atoms with van der Waals surface area (Å²) >= 11 is 0. The molecule has 190 valence electrons. The zero-order valence-electron chi connectivity index (χ0n) is 20.7. The molecule has 1 saturated heterocycles. The number of imide groups is 1. The van der Waals surface area contributed by atoms with Crippen molar-refractivity contribution in [2.75, 3.05) is 0 Å². The summed E-state index contributed by atoms with van der Waals surface area (Å²) in [4.78, 5) is 64.7. The lowest BCUT2D eigenvalue weighted by atomic mass is 9.47. The third-order valence-electron chi connectivity index (χ3n) is 9.88. The summed E-state index contributed by atoms with van der Waals surface area (Å²) in [5.74, 6) is -0.379. The molecule has 8 heteroatoms. The predicted octanol–water partition coefficient (Wildman–Crippen LogP) is 3.82. The van der Waals surface area contributed by atoms with E-state index in [2.05, 4.69) is 13.8 Å². The average molecular weight is 486 g/mol. The molecule has 6 atom stereocenters. The van der Waals surface area contributed by atoms with Crippen molar-refractivity contribution in [1.29, 1.82) is 0 Å². The van der Waals surface area contributed by atoms with E-state index in [1.165, 1.54) is 5.57 Å². The minimum atomic E-state index is -0.785. The van der Waals surface area contributed by atoms with E-state index in [-0.39, 0.29) is 48.4 Å². The molecular weight excluding hydrogens is 450 g/mol. The number of amides is 2. The molecule has 35 heavy (non-hydrogen) atoms. The van der Waals surface area contributed by atoms with Crippen molar-refractivity contribution >= 4 is 29.5 Å². The van der Waals surface area contributed by atoms with Crippen molar-refractivity contribution in [2.45, 2.75) is 97.0 Å². The summed E-state index contributed by atoms with van der Waals surface area (Å²) in [6.07, 6.45) is 9.07. The van der Waals surface area contributed by atoms with E-state index >= 15 is 0 Å². The topological polar surface area (TPSA) is 107 Å². The number of nitrogens with zero attached hydrogens (tertiary/aromatic N) is 1. The lowest BCUT2D eigenvalue weighted by Crippen LogP contribution is -2.51. The standard InChI is InChI=1S/C27H35NO7/c1-26-13-11-17(29)15-16(26)3-4-18-19-5-6-21(27(19,2)14-12-20(18)26)34-24(32)9-10-25(33)35-28-22(30)7-8-23(28)31/h15,18-21H,3-14H2,1-2H3/t18?,19?,20?,21?,26-,27-/m0/s1. The van der Waals surface area contributed by atoms with E-state index in [1.54, 1.807) is 0 Å². The summed E-state index contributed by atoms with van der Waals surface area (Å²) in [6, 6.07) is 0. The fourth-order valence-corrected chi connectivity index (χ4v) is 7.93. The first kappa shape index (κ1) is 24.2. The van der Waals surface area contributed by atoms with Crippen LogP contribution in [0.2, 0.25) is 0 Å². The highest BCUT2D eigenvalue weighted by Crippen LogP contribution is 2.65. The van der Waals surface area contributed by atoms with Crippen LogP contribution in [-0.4, -0.2) is 40.7 Å². The second-order valence-corrected chi connectivity index (χ2v) is 11.6. The van der Waals surface area contributed by atoms with Gasteiger partial charge >= 0.3 is 11.9 Å². The largest absolute Gasteiger partial charge is 0.462 e. The Morgan fingerprint density at radius 3 is 2.34 bits per heavy atom. The van der Waals surface area contributed by atoms with Gasteiger partial charge in [-0.25, -0.2) is 4.79 Å². The Morgan fingerprint density at radius 2 is 1.60 bits per heavy atom. The highest BCUT2D eigenvalue weighted by molar-refractivity contribution is 6.01. The number of carbonyl (C=O) groups is 5. The number of fused-ring (bicyclic) bond motifs is 5. The molecule has 8 nitrogen and oxygen atoms in total. The van der Waals surface area contributed by atoms with Gasteiger partial charge in [0.2, 0.25) is 0 Å². The van der Waals surface area contributed by atoms with Gasteiger partial charge in [-0.05, 0) is 74.2 Å². The predicted molar refractivity (Wildman–Crippen MR) is 123 cm³/mol. The number of carbonyl (C=O) groups excluding carboxylic acids is 5. The molecule has 4 fully saturated rings. The van der Waals surface area contributed by atoms with Crippen LogP contribution in [0.4, 0.5) is 0 Å². The van der Waals surface area contributed by atoms with E-state index in [1.807, 2.05) is 6.08 Å². The highest BCUT2D eigenvalue weighted by atomic mass is 16.7. The van der Waals surface area contributed by atoms with Gasteiger partial charge < -0.3 is 9.57 Å². The third kappa shape index (κ3) is 4.12. The maximum absolute atomic E-state index is 12.6. The number of rotatable bonds is 5. The van der Waals surface area contributed by atoms with Gasteiger partial charge in [-0.2, -0.15) is 0 Å². The normalized spacial score (nSPS) is 38.4. The van der Waals surface area contributed by atoms with Gasteiger partial charge in [-0.1, -0.05) is 19.4 Å². The zero-order valence-corrected chi connectivity index (χ0v) is 20.7. The smallest absolute Gasteiger partial charge is 0.333 e. The van der Waals surface area contributed by atoms with Crippen molar-refractivity contribution in [3.05, 3.63) is 11.6 Å². The molecule has 0 spiro atoms. The van der Waals surface area contributed by atoms with Gasteiger partial charge in [0, 0.05) is 24.7 Å². The molecule has 0 N–H and O–H groups in total. The summed E-state index contributed by atoms with van der Waals surface area (Å²) in [5, 5.41) is 0.502. The van der Waals surface area contributed by atoms with Crippen LogP contribution >= 0.6 is 0 Å². The maximum atomic E-state index is 12.6. The number of ketones is 1. The molecule has 1 heterocycles. The number of hydrogen-bond donors (Lipinski definition) is 0. The van der Waals surface area contributed by atoms with Crippen molar-refractivity contribution in [3.63, 3.8) is 0 Å². The quantitative estimate of drug-likeness (QED) is 0.430. The van der Waals surface area contributed by atoms with Crippen LogP contribution in [0.25, 0.3) is 0 Å². The molecule has 0 aromatic heterocycles. The summed E-state index contributed by atoms with van der Waals surface area (Å²) < 4.78 is 5.92. The molecular formula is C27H35NO7. The fourth-order valence-electron chi connectivity index (χ4n) is 7.93. The van der Waals surface area contributed by atoms with Crippen molar-refractivity contribution in [2.24, 2.45) is 28.6 Å². The molecule has 4 unspecified atom stereocenters. The Hall–Kier alpha value is -2.51. The summed E-state index contributed by atoms with van der Waals surface area (Å²) in [6.45, 7) is 4.62. The lowest BCUT2D eigenvalue weighted by Gasteiger charge is -2.57. The highest BCUT2D eigenvalue weighted by Gasteiger charge is 2.60. The van der Waals surface area contributed by atoms with E-state index in [0.29, 0.717) is 29.2 Å². The number of allylic oxidation sites excluding steroid dienone is 1. The van der Waals surface area contributed by atoms with E-state index in [9.17, 15) is 24.0 Å². The first-order chi connectivity index (χ1) is 16.6. The Kier molecular flexibility index (Phi) is 6.12. The minimum Gasteiger partial charge on any atom is -0.462 e. The number of esters is 1. The van der Waals surface area contributed by atoms with Gasteiger partial charge in [-0.3, -0.25) is 19.2 Å². The molecule has 2 amide bonds. The first-order valence-electron chi connectivity index (χ1n) is 13.1. The fraction of sp³-hybridized carbons (Fsp3) is 0.741. The molecule has 3 saturated carbocycles. The van der Waals surface area contributed by atoms with E-state index < -0.39 is 23.8 Å². The number of hydrogen-bond acceptors (Lipinski definition) is 7. The summed E-state index contributed by atoms with van der Waals surface area (Å²) in [5.41, 5.74) is 1.39. The van der Waals surface area contributed by atoms with Crippen LogP contribution < -0.4 is 0 Å².